The van der Waals surface area contributed by atoms with Crippen LogP contribution in [0.15, 0.2) is 16.6 Å². The van der Waals surface area contributed by atoms with Crippen molar-refractivity contribution in [1.29, 1.82) is 0 Å². The maximum absolute atomic E-state index is 9.51. The maximum Gasteiger partial charge on any atom is 0.200 e. The van der Waals surface area contributed by atoms with Crippen LogP contribution in [-0.2, 0) is 0 Å². The lowest BCUT2D eigenvalue weighted by Gasteiger charge is -2.17. The minimum absolute atomic E-state index is 0.169. The molecule has 0 fully saturated rings. The molecule has 92 valence electrons. The van der Waals surface area contributed by atoms with Gasteiger partial charge in [-0.15, -0.1) is 0 Å². The Morgan fingerprint density at radius 3 is 2.50 bits per heavy atom. The number of hydrogen-bond donors (Lipinski definition) is 1. The Bertz CT molecular complexity index is 278. The van der Waals surface area contributed by atoms with Crippen molar-refractivity contribution in [2.24, 2.45) is 10.4 Å². The van der Waals surface area contributed by atoms with Gasteiger partial charge in [-0.3, -0.25) is 0 Å². The van der Waals surface area contributed by atoms with Crippen molar-refractivity contribution in [1.82, 2.24) is 0 Å². The minimum Gasteiger partial charge on any atom is -0.496 e. The summed E-state index contributed by atoms with van der Waals surface area (Å²) in [4.78, 5) is 3.95. The average Bonchev–Trinajstić information content (AvgIpc) is 2.42. The van der Waals surface area contributed by atoms with Crippen molar-refractivity contribution < 1.29 is 5.11 Å². The molecule has 1 aliphatic heterocycles. The summed E-state index contributed by atoms with van der Waals surface area (Å²) in [6.45, 7) is 10.6. The van der Waals surface area contributed by atoms with Crippen molar-refractivity contribution >= 4 is 17.7 Å². The highest BCUT2D eigenvalue weighted by Crippen LogP contribution is 2.32. The van der Waals surface area contributed by atoms with Crippen LogP contribution in [0.1, 0.15) is 52.9 Å². The van der Waals surface area contributed by atoms with Gasteiger partial charge in [-0.1, -0.05) is 58.4 Å². The van der Waals surface area contributed by atoms with Gasteiger partial charge in [0, 0.05) is 0 Å². The summed E-state index contributed by atoms with van der Waals surface area (Å²) in [6.07, 6.45) is 5.98. The van der Waals surface area contributed by atoms with Crippen molar-refractivity contribution in [3.05, 3.63) is 11.6 Å². The Labute approximate surface area is 103 Å². The lowest BCUT2D eigenvalue weighted by atomic mass is 9.89. The van der Waals surface area contributed by atoms with Gasteiger partial charge in [0.15, 0.2) is 5.90 Å². The zero-order chi connectivity index (χ0) is 12.2. The van der Waals surface area contributed by atoms with Crippen molar-refractivity contribution in [3.8, 4) is 0 Å². The molecule has 3 heteroatoms. The topological polar surface area (TPSA) is 32.6 Å². The molecule has 1 N–H and O–H groups in total. The van der Waals surface area contributed by atoms with Gasteiger partial charge >= 0.3 is 0 Å². The first-order valence-electron chi connectivity index (χ1n) is 6.01. The minimum atomic E-state index is 0.169. The van der Waals surface area contributed by atoms with Gasteiger partial charge in [-0.25, -0.2) is 4.99 Å². The van der Waals surface area contributed by atoms with Crippen molar-refractivity contribution in [2.45, 2.75) is 58.1 Å². The standard InChI is InChI=1S/C13H23NOS/c1-10-14-12(15)11(16-10)8-6-5-7-9-13(2,3)4/h11H,1,5-9H2,2-4H3,(H,14,15). The molecule has 0 aromatic carbocycles. The van der Waals surface area contributed by atoms with Gasteiger partial charge in [0.2, 0.25) is 0 Å². The van der Waals surface area contributed by atoms with Crippen LogP contribution in [0.5, 0.6) is 0 Å². The molecule has 0 aromatic rings. The molecule has 0 spiro atoms. The Morgan fingerprint density at radius 2 is 2.00 bits per heavy atom. The van der Waals surface area contributed by atoms with Crippen LogP contribution in [0.2, 0.25) is 0 Å². The largest absolute Gasteiger partial charge is 0.496 e. The molecule has 0 saturated carbocycles. The number of rotatable bonds is 5. The zero-order valence-electron chi connectivity index (χ0n) is 10.6. The maximum atomic E-state index is 9.51. The number of unbranched alkanes of at least 4 members (excludes halogenated alkanes) is 2. The normalized spacial score (nSPS) is 21.3. The highest BCUT2D eigenvalue weighted by atomic mass is 32.2. The van der Waals surface area contributed by atoms with Gasteiger partial charge in [-0.2, -0.15) is 0 Å². The average molecular weight is 241 g/mol. The van der Waals surface area contributed by atoms with Crippen LogP contribution in [0.25, 0.3) is 0 Å². The molecule has 0 radical (unpaired) electrons. The monoisotopic (exact) mass is 241 g/mol. The molecule has 16 heavy (non-hydrogen) atoms. The Balaban J connectivity index is 2.09. The fourth-order valence-corrected chi connectivity index (χ4v) is 2.71. The second kappa shape index (κ2) is 5.76. The molecule has 1 rings (SSSR count). The second-order valence-corrected chi connectivity index (χ2v) is 6.91. The predicted molar refractivity (Wildman–Crippen MR) is 73.1 cm³/mol. The van der Waals surface area contributed by atoms with Crippen LogP contribution in [0.3, 0.4) is 0 Å². The molecule has 0 aromatic heterocycles. The number of aliphatic hydroxyl groups excluding tert-OH is 1. The molecule has 1 atom stereocenters. The molecule has 1 heterocycles. The van der Waals surface area contributed by atoms with E-state index in [0.717, 1.165) is 11.4 Å². The zero-order valence-corrected chi connectivity index (χ0v) is 11.4. The summed E-state index contributed by atoms with van der Waals surface area (Å²) in [7, 11) is 0. The number of thioether (sulfide) groups is 1. The van der Waals surface area contributed by atoms with Crippen LogP contribution in [0, 0.1) is 5.41 Å². The number of aliphatic imine (C=N–C) groups is 1. The fraction of sp³-hybridized carbons (Fsp3) is 0.769. The lowest BCUT2D eigenvalue weighted by molar-refractivity contribution is 0.357. The predicted octanol–water partition coefficient (Wildman–Crippen LogP) is 4.53. The lowest BCUT2D eigenvalue weighted by Crippen LogP contribution is -2.12. The number of nitrogens with zero attached hydrogens (tertiary/aromatic N) is 1. The SMILES string of the molecule is C=C1N=C(O)C(CCCCCC(C)(C)C)S1. The van der Waals surface area contributed by atoms with Crippen LogP contribution in [-0.4, -0.2) is 16.3 Å². The number of hydrogen-bond acceptors (Lipinski definition) is 2. The molecule has 0 aliphatic carbocycles. The quantitative estimate of drug-likeness (QED) is 0.717. The molecule has 2 nitrogen and oxygen atoms in total. The number of aliphatic hydroxyl groups is 1. The molecule has 0 amide bonds. The Morgan fingerprint density at radius 1 is 1.31 bits per heavy atom. The summed E-state index contributed by atoms with van der Waals surface area (Å²) in [6, 6.07) is 0. The first-order valence-corrected chi connectivity index (χ1v) is 6.89. The molecule has 1 unspecified atom stereocenters. The van der Waals surface area contributed by atoms with E-state index < -0.39 is 0 Å². The van der Waals surface area contributed by atoms with E-state index in [1.807, 2.05) is 0 Å². The highest BCUT2D eigenvalue weighted by molar-refractivity contribution is 8.04. The van der Waals surface area contributed by atoms with E-state index in [1.54, 1.807) is 11.8 Å². The van der Waals surface area contributed by atoms with Crippen molar-refractivity contribution in [3.63, 3.8) is 0 Å². The van der Waals surface area contributed by atoms with E-state index >= 15 is 0 Å². The van der Waals surface area contributed by atoms with Crippen LogP contribution < -0.4 is 0 Å². The van der Waals surface area contributed by atoms with E-state index in [9.17, 15) is 5.11 Å². The Hall–Kier alpha value is -0.440. The summed E-state index contributed by atoms with van der Waals surface area (Å²) < 4.78 is 0. The summed E-state index contributed by atoms with van der Waals surface area (Å²) in [5.41, 5.74) is 0.444. The molecule has 0 saturated heterocycles. The van der Waals surface area contributed by atoms with E-state index in [2.05, 4.69) is 32.3 Å². The fourth-order valence-electron chi connectivity index (χ4n) is 1.79. The van der Waals surface area contributed by atoms with E-state index in [0.29, 0.717) is 5.41 Å². The Kier molecular flexibility index (Phi) is 4.90. The highest BCUT2D eigenvalue weighted by Gasteiger charge is 2.23. The third-order valence-electron chi connectivity index (χ3n) is 2.70. The summed E-state index contributed by atoms with van der Waals surface area (Å²) in [5.74, 6) is 0.269. The first-order chi connectivity index (χ1) is 7.38. The summed E-state index contributed by atoms with van der Waals surface area (Å²) >= 11 is 1.59. The third-order valence-corrected chi connectivity index (χ3v) is 3.79. The second-order valence-electron chi connectivity index (χ2n) is 5.63. The van der Waals surface area contributed by atoms with Gasteiger partial charge in [0.05, 0.1) is 10.3 Å². The van der Waals surface area contributed by atoms with Crippen LogP contribution in [0.4, 0.5) is 0 Å². The molecule has 0 bridgehead atoms. The molecular formula is C13H23NOS. The molecule has 1 aliphatic rings. The van der Waals surface area contributed by atoms with Crippen molar-refractivity contribution in [2.75, 3.05) is 0 Å². The van der Waals surface area contributed by atoms with Gasteiger partial charge < -0.3 is 5.11 Å². The third kappa shape index (κ3) is 5.06. The first kappa shape index (κ1) is 13.6. The van der Waals surface area contributed by atoms with Gasteiger partial charge in [0.1, 0.15) is 0 Å². The van der Waals surface area contributed by atoms with E-state index in [1.165, 1.54) is 25.7 Å². The van der Waals surface area contributed by atoms with Gasteiger partial charge in [-0.05, 0) is 18.3 Å². The van der Waals surface area contributed by atoms with Gasteiger partial charge in [0.25, 0.3) is 0 Å². The van der Waals surface area contributed by atoms with Crippen LogP contribution >= 0.6 is 11.8 Å². The van der Waals surface area contributed by atoms with E-state index in [4.69, 9.17) is 0 Å². The smallest absolute Gasteiger partial charge is 0.200 e. The molecular weight excluding hydrogens is 218 g/mol. The van der Waals surface area contributed by atoms with E-state index in [-0.39, 0.29) is 11.1 Å². The summed E-state index contributed by atoms with van der Waals surface area (Å²) in [5, 5.41) is 10.4.